The highest BCUT2D eigenvalue weighted by molar-refractivity contribution is 7.99. The van der Waals surface area contributed by atoms with Crippen LogP contribution in [-0.2, 0) is 11.3 Å². The van der Waals surface area contributed by atoms with Crippen molar-refractivity contribution in [3.63, 3.8) is 0 Å². The second-order valence-corrected chi connectivity index (χ2v) is 8.88. The standard InChI is InChI=1S/C21H23ClN2O3S2/c1-4-10-24-16-12-17(26-2)18(27-3)13-19(16)29-21(24)23-20(25)9-11-28-15-7-5-14(22)6-8-15/h5-8,12-13H,4,9-11H2,1-3H3. The number of fused-ring (bicyclic) bond motifs is 1. The zero-order chi connectivity index (χ0) is 20.8. The summed E-state index contributed by atoms with van der Waals surface area (Å²) in [5.41, 5.74) is 0.997. The van der Waals surface area contributed by atoms with E-state index in [1.807, 2.05) is 36.4 Å². The SMILES string of the molecule is CCCn1c(=NC(=O)CCSc2ccc(Cl)cc2)sc2cc(OC)c(OC)cc21. The zero-order valence-corrected chi connectivity index (χ0v) is 19.0. The number of aryl methyl sites for hydroxylation is 1. The first-order valence-electron chi connectivity index (χ1n) is 9.27. The number of thioether (sulfide) groups is 1. The Morgan fingerprint density at radius 1 is 1.17 bits per heavy atom. The maximum Gasteiger partial charge on any atom is 0.249 e. The van der Waals surface area contributed by atoms with E-state index < -0.39 is 0 Å². The monoisotopic (exact) mass is 450 g/mol. The van der Waals surface area contributed by atoms with Crippen molar-refractivity contribution in [3.05, 3.63) is 46.2 Å². The van der Waals surface area contributed by atoms with Gasteiger partial charge in [-0.3, -0.25) is 4.79 Å². The smallest absolute Gasteiger partial charge is 0.249 e. The average Bonchev–Trinajstić information content (AvgIpc) is 3.04. The molecule has 0 fully saturated rings. The van der Waals surface area contributed by atoms with Gasteiger partial charge in [0.2, 0.25) is 5.91 Å². The summed E-state index contributed by atoms with van der Waals surface area (Å²) in [6.07, 6.45) is 1.31. The molecule has 1 amide bonds. The number of ether oxygens (including phenoxy) is 2. The number of carbonyl (C=O) groups is 1. The van der Waals surface area contributed by atoms with Gasteiger partial charge in [-0.25, -0.2) is 0 Å². The van der Waals surface area contributed by atoms with Gasteiger partial charge in [0.25, 0.3) is 0 Å². The number of thiazole rings is 1. The van der Waals surface area contributed by atoms with E-state index >= 15 is 0 Å². The van der Waals surface area contributed by atoms with Gasteiger partial charge in [0.15, 0.2) is 16.3 Å². The average molecular weight is 451 g/mol. The molecule has 0 atom stereocenters. The Hall–Kier alpha value is -1.96. The molecule has 0 unspecified atom stereocenters. The van der Waals surface area contributed by atoms with Crippen molar-refractivity contribution in [1.29, 1.82) is 0 Å². The van der Waals surface area contributed by atoms with E-state index in [0.29, 0.717) is 33.5 Å². The van der Waals surface area contributed by atoms with Gasteiger partial charge in [-0.05, 0) is 30.7 Å². The van der Waals surface area contributed by atoms with Gasteiger partial charge in [0, 0.05) is 40.8 Å². The molecule has 154 valence electrons. The normalized spacial score (nSPS) is 11.8. The number of methoxy groups -OCH3 is 2. The number of carbonyl (C=O) groups excluding carboxylic acids is 1. The first kappa shape index (κ1) is 21.7. The van der Waals surface area contributed by atoms with E-state index in [0.717, 1.165) is 28.1 Å². The summed E-state index contributed by atoms with van der Waals surface area (Å²) in [5.74, 6) is 1.88. The maximum atomic E-state index is 12.5. The van der Waals surface area contributed by atoms with Crippen LogP contribution in [0, 0.1) is 0 Å². The zero-order valence-electron chi connectivity index (χ0n) is 16.6. The lowest BCUT2D eigenvalue weighted by atomic mass is 10.3. The molecule has 1 heterocycles. The van der Waals surface area contributed by atoms with Crippen LogP contribution in [0.15, 0.2) is 46.3 Å². The number of aromatic nitrogens is 1. The van der Waals surface area contributed by atoms with Gasteiger partial charge in [0.05, 0.1) is 24.4 Å². The molecule has 0 aliphatic rings. The summed E-state index contributed by atoms with van der Waals surface area (Å²) in [6, 6.07) is 11.5. The molecule has 0 radical (unpaired) electrons. The Bertz CT molecular complexity index is 1060. The second-order valence-electron chi connectivity index (χ2n) is 6.27. The molecule has 0 bridgehead atoms. The molecule has 0 saturated heterocycles. The molecule has 0 spiro atoms. The fraction of sp³-hybridized carbons (Fsp3) is 0.333. The molecule has 8 heteroatoms. The van der Waals surface area contributed by atoms with Crippen molar-refractivity contribution in [2.75, 3.05) is 20.0 Å². The van der Waals surface area contributed by atoms with Crippen LogP contribution in [0.1, 0.15) is 19.8 Å². The predicted molar refractivity (Wildman–Crippen MR) is 121 cm³/mol. The molecule has 5 nitrogen and oxygen atoms in total. The number of hydrogen-bond acceptors (Lipinski definition) is 5. The van der Waals surface area contributed by atoms with E-state index in [4.69, 9.17) is 21.1 Å². The molecule has 1 aromatic heterocycles. The van der Waals surface area contributed by atoms with Crippen LogP contribution >= 0.6 is 34.7 Å². The lowest BCUT2D eigenvalue weighted by Crippen LogP contribution is -2.17. The van der Waals surface area contributed by atoms with Gasteiger partial charge in [0.1, 0.15) is 0 Å². The van der Waals surface area contributed by atoms with Crippen molar-refractivity contribution in [1.82, 2.24) is 4.57 Å². The molecule has 3 rings (SSSR count). The third kappa shape index (κ3) is 5.35. The van der Waals surface area contributed by atoms with Crippen molar-refractivity contribution in [2.24, 2.45) is 4.99 Å². The number of halogens is 1. The quantitative estimate of drug-likeness (QED) is 0.431. The molecule has 29 heavy (non-hydrogen) atoms. The fourth-order valence-corrected chi connectivity index (χ4v) is 4.92. The molecule has 0 saturated carbocycles. The van der Waals surface area contributed by atoms with Gasteiger partial charge >= 0.3 is 0 Å². The van der Waals surface area contributed by atoms with E-state index in [2.05, 4.69) is 16.5 Å². The molecule has 3 aromatic rings. The van der Waals surface area contributed by atoms with Crippen LogP contribution in [0.3, 0.4) is 0 Å². The third-order valence-corrected chi connectivity index (χ3v) is 6.56. The summed E-state index contributed by atoms with van der Waals surface area (Å²) in [6.45, 7) is 2.88. The highest BCUT2D eigenvalue weighted by Gasteiger charge is 2.13. The van der Waals surface area contributed by atoms with Gasteiger partial charge in [-0.2, -0.15) is 4.99 Å². The molecule has 0 aliphatic heterocycles. The van der Waals surface area contributed by atoms with Crippen LogP contribution in [-0.4, -0.2) is 30.4 Å². The van der Waals surface area contributed by atoms with Crippen molar-refractivity contribution >= 4 is 50.8 Å². The van der Waals surface area contributed by atoms with Crippen LogP contribution in [0.5, 0.6) is 11.5 Å². The minimum absolute atomic E-state index is 0.123. The number of amides is 1. The second kappa shape index (κ2) is 10.2. The summed E-state index contributed by atoms with van der Waals surface area (Å²) < 4.78 is 13.9. The first-order valence-corrected chi connectivity index (χ1v) is 11.4. The van der Waals surface area contributed by atoms with Crippen LogP contribution in [0.2, 0.25) is 5.02 Å². The molecule has 2 aromatic carbocycles. The lowest BCUT2D eigenvalue weighted by molar-refractivity contribution is -0.117. The van der Waals surface area contributed by atoms with Gasteiger partial charge in [-0.1, -0.05) is 29.9 Å². The Labute approximate surface area is 183 Å². The minimum Gasteiger partial charge on any atom is -0.493 e. The Morgan fingerprint density at radius 3 is 2.52 bits per heavy atom. The minimum atomic E-state index is -0.123. The van der Waals surface area contributed by atoms with Gasteiger partial charge in [-0.15, -0.1) is 11.8 Å². The third-order valence-electron chi connectivity index (χ3n) is 4.25. The van der Waals surface area contributed by atoms with E-state index in [1.54, 1.807) is 26.0 Å². The van der Waals surface area contributed by atoms with Crippen molar-refractivity contribution in [2.45, 2.75) is 31.2 Å². The highest BCUT2D eigenvalue weighted by atomic mass is 35.5. The number of benzene rings is 2. The van der Waals surface area contributed by atoms with Crippen LogP contribution in [0.4, 0.5) is 0 Å². The summed E-state index contributed by atoms with van der Waals surface area (Å²) in [4.78, 5) is 18.7. The number of nitrogens with zero attached hydrogens (tertiary/aromatic N) is 2. The molecule has 0 N–H and O–H groups in total. The maximum absolute atomic E-state index is 12.5. The largest absolute Gasteiger partial charge is 0.493 e. The Morgan fingerprint density at radius 2 is 1.86 bits per heavy atom. The Kier molecular flexibility index (Phi) is 7.64. The predicted octanol–water partition coefficient (Wildman–Crippen LogP) is 5.39. The van der Waals surface area contributed by atoms with E-state index in [9.17, 15) is 4.79 Å². The van der Waals surface area contributed by atoms with Crippen LogP contribution in [0.25, 0.3) is 10.2 Å². The molecule has 0 aliphatic carbocycles. The highest BCUT2D eigenvalue weighted by Crippen LogP contribution is 2.33. The topological polar surface area (TPSA) is 52.8 Å². The fourth-order valence-electron chi connectivity index (χ4n) is 2.87. The Balaban J connectivity index is 1.82. The summed E-state index contributed by atoms with van der Waals surface area (Å²) in [5, 5.41) is 0.707. The van der Waals surface area contributed by atoms with Gasteiger partial charge < -0.3 is 14.0 Å². The number of hydrogen-bond donors (Lipinski definition) is 0. The van der Waals surface area contributed by atoms with E-state index in [-0.39, 0.29) is 5.91 Å². The molecular formula is C21H23ClN2O3S2. The van der Waals surface area contributed by atoms with E-state index in [1.165, 1.54) is 11.3 Å². The first-order chi connectivity index (χ1) is 14.0. The summed E-state index contributed by atoms with van der Waals surface area (Å²) in [7, 11) is 3.23. The lowest BCUT2D eigenvalue weighted by Gasteiger charge is -2.08. The van der Waals surface area contributed by atoms with Crippen molar-refractivity contribution in [3.8, 4) is 11.5 Å². The number of rotatable bonds is 8. The van der Waals surface area contributed by atoms with Crippen LogP contribution < -0.4 is 14.3 Å². The molecular weight excluding hydrogens is 428 g/mol. The summed E-state index contributed by atoms with van der Waals surface area (Å²) >= 11 is 9.02. The van der Waals surface area contributed by atoms with Crippen molar-refractivity contribution < 1.29 is 14.3 Å².